The molecule has 0 unspecified atom stereocenters. The Morgan fingerprint density at radius 1 is 1.50 bits per heavy atom. The number of carbonyl (C=O) groups excluding carboxylic acids is 1. The van der Waals surface area contributed by atoms with Gasteiger partial charge in [-0.2, -0.15) is 5.26 Å². The van der Waals surface area contributed by atoms with Gasteiger partial charge in [-0.25, -0.2) is 8.42 Å². The molecule has 0 aromatic carbocycles. The highest BCUT2D eigenvalue weighted by Gasteiger charge is 2.40. The fraction of sp³-hybridized carbons (Fsp3) is 0.750. The predicted molar refractivity (Wildman–Crippen MR) is 52.2 cm³/mol. The third-order valence-corrected chi connectivity index (χ3v) is 4.13. The van der Waals surface area contributed by atoms with Gasteiger partial charge in [-0.1, -0.05) is 0 Å². The van der Waals surface area contributed by atoms with Crippen LogP contribution in [-0.4, -0.2) is 43.8 Å². The first-order valence-corrected chi connectivity index (χ1v) is 5.86. The van der Waals surface area contributed by atoms with Gasteiger partial charge in [0.2, 0.25) is 5.91 Å². The second-order valence-electron chi connectivity index (χ2n) is 3.60. The number of hydrogen-bond acceptors (Lipinski definition) is 4. The molecular formula is C8H14N2O3S. The molecule has 5 nitrogen and oxygen atoms in total. The van der Waals surface area contributed by atoms with Gasteiger partial charge in [0.15, 0.2) is 9.84 Å². The van der Waals surface area contributed by atoms with Crippen LogP contribution < -0.4 is 0 Å². The first kappa shape index (κ1) is 12.9. The zero-order chi connectivity index (χ0) is 11.6. The molecule has 0 rings (SSSR count). The van der Waals surface area contributed by atoms with Crippen molar-refractivity contribution in [3.05, 3.63) is 0 Å². The molecule has 0 saturated carbocycles. The summed E-state index contributed by atoms with van der Waals surface area (Å²) in [6.07, 6.45) is 1.01. The smallest absolute Gasteiger partial charge is 0.244 e. The van der Waals surface area contributed by atoms with Crippen LogP contribution in [0.5, 0.6) is 0 Å². The average molecular weight is 218 g/mol. The molecule has 80 valence electrons. The number of rotatable bonds is 3. The van der Waals surface area contributed by atoms with Crippen LogP contribution in [0.1, 0.15) is 13.8 Å². The molecule has 0 aliphatic heterocycles. The van der Waals surface area contributed by atoms with Crippen molar-refractivity contribution >= 4 is 15.7 Å². The molecular weight excluding hydrogens is 204 g/mol. The van der Waals surface area contributed by atoms with Crippen molar-refractivity contribution < 1.29 is 13.2 Å². The minimum atomic E-state index is -3.47. The van der Waals surface area contributed by atoms with Gasteiger partial charge >= 0.3 is 0 Å². The van der Waals surface area contributed by atoms with Crippen LogP contribution in [0.25, 0.3) is 0 Å². The maximum atomic E-state index is 11.6. The number of hydrogen-bond donors (Lipinski definition) is 0. The van der Waals surface area contributed by atoms with E-state index in [0.29, 0.717) is 0 Å². The maximum Gasteiger partial charge on any atom is 0.244 e. The molecule has 0 aliphatic rings. The molecule has 6 heteroatoms. The second-order valence-corrected chi connectivity index (χ2v) is 6.17. The number of nitrogens with zero attached hydrogens (tertiary/aromatic N) is 2. The summed E-state index contributed by atoms with van der Waals surface area (Å²) in [5, 5.41) is 8.36. The molecule has 0 N–H and O–H groups in total. The van der Waals surface area contributed by atoms with Gasteiger partial charge in [0, 0.05) is 13.3 Å². The van der Waals surface area contributed by atoms with Crippen molar-refractivity contribution in [2.75, 3.05) is 19.8 Å². The summed E-state index contributed by atoms with van der Waals surface area (Å²) in [6, 6.07) is 1.78. The van der Waals surface area contributed by atoms with Crippen LogP contribution in [0, 0.1) is 11.3 Å². The zero-order valence-electron chi connectivity index (χ0n) is 8.73. The lowest BCUT2D eigenvalue weighted by Gasteiger charge is -2.26. The summed E-state index contributed by atoms with van der Waals surface area (Å²) >= 11 is 0. The molecule has 0 aromatic heterocycles. The maximum absolute atomic E-state index is 11.6. The van der Waals surface area contributed by atoms with Gasteiger partial charge in [-0.3, -0.25) is 4.79 Å². The Balaban J connectivity index is 4.97. The first-order valence-electron chi connectivity index (χ1n) is 3.96. The van der Waals surface area contributed by atoms with Gasteiger partial charge in [0.25, 0.3) is 0 Å². The molecule has 1 amide bonds. The predicted octanol–water partition coefficient (Wildman–Crippen LogP) is -0.208. The third kappa shape index (κ3) is 2.45. The largest absolute Gasteiger partial charge is 0.331 e. The minimum Gasteiger partial charge on any atom is -0.331 e. The normalized spacial score (nSPS) is 11.9. The van der Waals surface area contributed by atoms with Crippen molar-refractivity contribution in [3.63, 3.8) is 0 Å². The summed E-state index contributed by atoms with van der Waals surface area (Å²) < 4.78 is 21.1. The standard InChI is InChI=1S/C8H14N2O3S/c1-8(2,14(4,12)13)7(11)10(3)6-5-9/h6H2,1-4H3. The fourth-order valence-corrected chi connectivity index (χ4v) is 1.27. The SMILES string of the molecule is CN(CC#N)C(=O)C(C)(C)S(C)(=O)=O. The number of carbonyl (C=O) groups is 1. The van der Waals surface area contributed by atoms with Crippen LogP contribution in [0.3, 0.4) is 0 Å². The van der Waals surface area contributed by atoms with Crippen LogP contribution in [0.15, 0.2) is 0 Å². The van der Waals surface area contributed by atoms with Gasteiger partial charge in [-0.05, 0) is 13.8 Å². The number of nitriles is 1. The van der Waals surface area contributed by atoms with E-state index in [1.165, 1.54) is 20.9 Å². The molecule has 0 heterocycles. The van der Waals surface area contributed by atoms with Crippen molar-refractivity contribution in [1.29, 1.82) is 5.26 Å². The van der Waals surface area contributed by atoms with Gasteiger partial charge in [0.05, 0.1) is 6.07 Å². The average Bonchev–Trinajstić information content (AvgIpc) is 2.01. The Bertz CT molecular complexity index is 365. The second kappa shape index (κ2) is 3.96. The molecule has 0 radical (unpaired) electrons. The van der Waals surface area contributed by atoms with E-state index in [0.717, 1.165) is 11.2 Å². The molecule has 14 heavy (non-hydrogen) atoms. The van der Waals surface area contributed by atoms with Crippen LogP contribution in [0.2, 0.25) is 0 Å². The molecule has 0 saturated heterocycles. The summed E-state index contributed by atoms with van der Waals surface area (Å²) in [5.41, 5.74) is 0. The van der Waals surface area contributed by atoms with Crippen molar-refractivity contribution in [2.45, 2.75) is 18.6 Å². The van der Waals surface area contributed by atoms with Crippen molar-refractivity contribution in [2.24, 2.45) is 0 Å². The number of amides is 1. The van der Waals surface area contributed by atoms with E-state index < -0.39 is 20.5 Å². The Morgan fingerprint density at radius 2 is 1.93 bits per heavy atom. The summed E-state index contributed by atoms with van der Waals surface area (Å²) in [5.74, 6) is -0.568. The van der Waals surface area contributed by atoms with Gasteiger partial charge in [0.1, 0.15) is 11.3 Å². The molecule has 0 atom stereocenters. The van der Waals surface area contributed by atoms with Gasteiger partial charge in [-0.15, -0.1) is 0 Å². The molecule has 0 fully saturated rings. The summed E-state index contributed by atoms with van der Waals surface area (Å²) in [7, 11) is -2.06. The quantitative estimate of drug-likeness (QED) is 0.614. The monoisotopic (exact) mass is 218 g/mol. The Hall–Kier alpha value is -1.09. The molecule has 0 bridgehead atoms. The molecule has 0 spiro atoms. The van der Waals surface area contributed by atoms with E-state index >= 15 is 0 Å². The van der Waals surface area contributed by atoms with E-state index in [1.807, 2.05) is 0 Å². The highest BCUT2D eigenvalue weighted by Crippen LogP contribution is 2.17. The molecule has 0 aliphatic carbocycles. The zero-order valence-corrected chi connectivity index (χ0v) is 9.55. The van der Waals surface area contributed by atoms with Gasteiger partial charge < -0.3 is 4.90 Å². The Kier molecular flexibility index (Phi) is 3.66. The van der Waals surface area contributed by atoms with E-state index in [-0.39, 0.29) is 6.54 Å². The highest BCUT2D eigenvalue weighted by atomic mass is 32.2. The topological polar surface area (TPSA) is 78.2 Å². The van der Waals surface area contributed by atoms with E-state index in [2.05, 4.69) is 0 Å². The van der Waals surface area contributed by atoms with Crippen molar-refractivity contribution in [1.82, 2.24) is 4.90 Å². The summed E-state index contributed by atoms with van der Waals surface area (Å²) in [6.45, 7) is 2.55. The van der Waals surface area contributed by atoms with Crippen LogP contribution in [0.4, 0.5) is 0 Å². The Morgan fingerprint density at radius 3 is 2.21 bits per heavy atom. The molecule has 0 aromatic rings. The Labute approximate surface area is 84.2 Å². The minimum absolute atomic E-state index is 0.113. The lowest BCUT2D eigenvalue weighted by molar-refractivity contribution is -0.131. The lowest BCUT2D eigenvalue weighted by Crippen LogP contribution is -2.48. The lowest BCUT2D eigenvalue weighted by atomic mass is 10.2. The van der Waals surface area contributed by atoms with Crippen LogP contribution in [-0.2, 0) is 14.6 Å². The van der Waals surface area contributed by atoms with E-state index in [1.54, 1.807) is 6.07 Å². The third-order valence-electron chi connectivity index (χ3n) is 2.10. The van der Waals surface area contributed by atoms with Crippen LogP contribution >= 0.6 is 0 Å². The number of sulfone groups is 1. The highest BCUT2D eigenvalue weighted by molar-refractivity contribution is 7.92. The fourth-order valence-electron chi connectivity index (χ4n) is 0.796. The van der Waals surface area contributed by atoms with E-state index in [9.17, 15) is 13.2 Å². The summed E-state index contributed by atoms with van der Waals surface area (Å²) in [4.78, 5) is 12.7. The first-order chi connectivity index (χ1) is 6.14. The van der Waals surface area contributed by atoms with Crippen molar-refractivity contribution in [3.8, 4) is 6.07 Å². The van der Waals surface area contributed by atoms with E-state index in [4.69, 9.17) is 5.26 Å².